The molecule has 3 atom stereocenters. The highest BCUT2D eigenvalue weighted by atomic mass is 16.5. The number of aromatic nitrogens is 1. The van der Waals surface area contributed by atoms with Gasteiger partial charge in [0, 0.05) is 36.0 Å². The molecule has 1 aromatic heterocycles. The van der Waals surface area contributed by atoms with E-state index in [1.165, 1.54) is 0 Å². The molecule has 4 nitrogen and oxygen atoms in total. The first-order valence-electron chi connectivity index (χ1n) is 7.94. The Bertz CT molecular complexity index is 523. The summed E-state index contributed by atoms with van der Waals surface area (Å²) in [5.41, 5.74) is 2.58. The van der Waals surface area contributed by atoms with Crippen LogP contribution in [0.15, 0.2) is 12.1 Å². The molecular weight excluding hydrogens is 264 g/mol. The van der Waals surface area contributed by atoms with E-state index >= 15 is 0 Å². The van der Waals surface area contributed by atoms with E-state index in [-0.39, 0.29) is 5.91 Å². The van der Waals surface area contributed by atoms with Gasteiger partial charge in [-0.1, -0.05) is 6.92 Å². The van der Waals surface area contributed by atoms with E-state index in [0.717, 1.165) is 49.5 Å². The Morgan fingerprint density at radius 2 is 2.10 bits per heavy atom. The van der Waals surface area contributed by atoms with Crippen LogP contribution >= 0.6 is 0 Å². The number of piperidine rings is 1. The van der Waals surface area contributed by atoms with Gasteiger partial charge in [-0.2, -0.15) is 0 Å². The maximum absolute atomic E-state index is 12.7. The molecular formula is C17H24N2O2. The number of likely N-dealkylation sites (tertiary alicyclic amines) is 1. The summed E-state index contributed by atoms with van der Waals surface area (Å²) in [4.78, 5) is 19.0. The average molecular weight is 288 g/mol. The fourth-order valence-electron chi connectivity index (χ4n) is 3.83. The topological polar surface area (TPSA) is 42.4 Å². The van der Waals surface area contributed by atoms with Gasteiger partial charge >= 0.3 is 0 Å². The van der Waals surface area contributed by atoms with Crippen molar-refractivity contribution in [1.82, 2.24) is 9.88 Å². The van der Waals surface area contributed by atoms with Crippen LogP contribution in [0.25, 0.3) is 0 Å². The number of aryl methyl sites for hydroxylation is 2. The van der Waals surface area contributed by atoms with E-state index in [4.69, 9.17) is 4.74 Å². The number of amides is 1. The molecule has 0 aromatic carbocycles. The van der Waals surface area contributed by atoms with Crippen molar-refractivity contribution in [3.63, 3.8) is 0 Å². The van der Waals surface area contributed by atoms with Crippen LogP contribution in [0.5, 0.6) is 0 Å². The van der Waals surface area contributed by atoms with Gasteiger partial charge in [0.1, 0.15) is 0 Å². The highest BCUT2D eigenvalue weighted by molar-refractivity contribution is 5.94. The zero-order chi connectivity index (χ0) is 15.0. The van der Waals surface area contributed by atoms with E-state index in [9.17, 15) is 4.79 Å². The van der Waals surface area contributed by atoms with E-state index in [1.54, 1.807) is 0 Å². The lowest BCUT2D eigenvalue weighted by molar-refractivity contribution is 0.0607. The van der Waals surface area contributed by atoms with Gasteiger partial charge in [0.2, 0.25) is 0 Å². The van der Waals surface area contributed by atoms with Crippen LogP contribution in [0.4, 0.5) is 0 Å². The van der Waals surface area contributed by atoms with Crippen LogP contribution in [0.1, 0.15) is 41.5 Å². The number of carbonyl (C=O) groups excluding carboxylic acids is 1. The zero-order valence-corrected chi connectivity index (χ0v) is 13.1. The van der Waals surface area contributed by atoms with Crippen molar-refractivity contribution in [2.45, 2.75) is 39.7 Å². The molecule has 0 radical (unpaired) electrons. The normalized spacial score (nSPS) is 28.5. The van der Waals surface area contributed by atoms with E-state index in [1.807, 2.05) is 30.9 Å². The molecule has 114 valence electrons. The number of rotatable bonds is 2. The minimum atomic E-state index is 0.141. The van der Waals surface area contributed by atoms with E-state index in [0.29, 0.717) is 17.9 Å². The Balaban J connectivity index is 1.72. The summed E-state index contributed by atoms with van der Waals surface area (Å²) in [6.07, 6.45) is 2.55. The maximum Gasteiger partial charge on any atom is 0.253 e. The van der Waals surface area contributed by atoms with Gasteiger partial charge in [0.15, 0.2) is 0 Å². The average Bonchev–Trinajstić information content (AvgIpc) is 2.87. The molecule has 0 bridgehead atoms. The van der Waals surface area contributed by atoms with Gasteiger partial charge in [0.25, 0.3) is 5.91 Å². The Labute approximate surface area is 126 Å². The zero-order valence-electron chi connectivity index (χ0n) is 13.1. The van der Waals surface area contributed by atoms with Gasteiger partial charge in [-0.25, -0.2) is 0 Å². The maximum atomic E-state index is 12.7. The van der Waals surface area contributed by atoms with Crippen LogP contribution in [-0.2, 0) is 4.74 Å². The summed E-state index contributed by atoms with van der Waals surface area (Å²) >= 11 is 0. The monoisotopic (exact) mass is 288 g/mol. The summed E-state index contributed by atoms with van der Waals surface area (Å²) in [7, 11) is 0. The van der Waals surface area contributed by atoms with Gasteiger partial charge in [-0.15, -0.1) is 0 Å². The second-order valence-electron chi connectivity index (χ2n) is 6.38. The summed E-state index contributed by atoms with van der Waals surface area (Å²) < 4.78 is 5.87. The van der Waals surface area contributed by atoms with Crippen LogP contribution in [0.3, 0.4) is 0 Å². The highest BCUT2D eigenvalue weighted by Gasteiger charge is 2.40. The second kappa shape index (κ2) is 5.76. The molecule has 1 amide bonds. The highest BCUT2D eigenvalue weighted by Crippen LogP contribution is 2.36. The number of carbonyl (C=O) groups is 1. The van der Waals surface area contributed by atoms with E-state index < -0.39 is 0 Å². The van der Waals surface area contributed by atoms with Gasteiger partial charge < -0.3 is 9.64 Å². The Kier molecular flexibility index (Phi) is 3.98. The van der Waals surface area contributed by atoms with Gasteiger partial charge in [-0.3, -0.25) is 9.78 Å². The molecule has 0 spiro atoms. The summed E-state index contributed by atoms with van der Waals surface area (Å²) in [5, 5.41) is 0. The molecule has 21 heavy (non-hydrogen) atoms. The molecule has 3 rings (SSSR count). The van der Waals surface area contributed by atoms with Crippen molar-refractivity contribution in [2.75, 3.05) is 19.7 Å². The quantitative estimate of drug-likeness (QED) is 0.840. The third-order valence-corrected chi connectivity index (χ3v) is 4.81. The van der Waals surface area contributed by atoms with Crippen LogP contribution in [-0.4, -0.2) is 41.6 Å². The summed E-state index contributed by atoms with van der Waals surface area (Å²) in [6, 6.07) is 3.78. The molecule has 2 fully saturated rings. The van der Waals surface area contributed by atoms with Crippen molar-refractivity contribution in [2.24, 2.45) is 11.8 Å². The van der Waals surface area contributed by atoms with Crippen molar-refractivity contribution in [3.8, 4) is 0 Å². The van der Waals surface area contributed by atoms with Crippen molar-refractivity contribution >= 4 is 5.91 Å². The smallest absolute Gasteiger partial charge is 0.253 e. The number of hydrogen-bond donors (Lipinski definition) is 0. The number of pyridine rings is 1. The molecule has 3 heterocycles. The lowest BCUT2D eigenvalue weighted by Crippen LogP contribution is -2.44. The first-order valence-corrected chi connectivity index (χ1v) is 7.94. The molecule has 1 aromatic rings. The van der Waals surface area contributed by atoms with Crippen LogP contribution in [0.2, 0.25) is 0 Å². The standard InChI is InChI=1S/C17H24N2O2/c1-4-16-15-5-6-19(9-14(15)10-21-16)17(20)13-7-11(2)18-12(3)8-13/h7-8,14-16H,4-6,9-10H2,1-3H3/t14-,15-,16-/m0/s1. The predicted molar refractivity (Wildman–Crippen MR) is 81.2 cm³/mol. The Hall–Kier alpha value is -1.42. The first-order chi connectivity index (χ1) is 10.1. The fraction of sp³-hybridized carbons (Fsp3) is 0.647. The van der Waals surface area contributed by atoms with Crippen molar-refractivity contribution < 1.29 is 9.53 Å². The van der Waals surface area contributed by atoms with Crippen molar-refractivity contribution in [3.05, 3.63) is 29.1 Å². The third-order valence-electron chi connectivity index (χ3n) is 4.81. The largest absolute Gasteiger partial charge is 0.378 e. The molecule has 4 heteroatoms. The lowest BCUT2D eigenvalue weighted by Gasteiger charge is -2.35. The number of nitrogens with zero attached hydrogens (tertiary/aromatic N) is 2. The molecule has 0 unspecified atom stereocenters. The van der Waals surface area contributed by atoms with Crippen LogP contribution < -0.4 is 0 Å². The van der Waals surface area contributed by atoms with E-state index in [2.05, 4.69) is 11.9 Å². The molecule has 0 saturated carbocycles. The minimum absolute atomic E-state index is 0.141. The predicted octanol–water partition coefficient (Wildman–Crippen LogP) is 2.59. The van der Waals surface area contributed by atoms with Gasteiger partial charge in [0.05, 0.1) is 12.7 Å². The number of ether oxygens (including phenoxy) is 1. The van der Waals surface area contributed by atoms with Crippen molar-refractivity contribution in [1.29, 1.82) is 0 Å². The SMILES string of the molecule is CC[C@@H]1OC[C@@H]2CN(C(=O)c3cc(C)nc(C)c3)CC[C@@H]21. The third kappa shape index (κ3) is 2.82. The minimum Gasteiger partial charge on any atom is -0.378 e. The molecule has 0 N–H and O–H groups in total. The molecule has 2 aliphatic heterocycles. The summed E-state index contributed by atoms with van der Waals surface area (Å²) in [5.74, 6) is 1.29. The fourth-order valence-corrected chi connectivity index (χ4v) is 3.83. The lowest BCUT2D eigenvalue weighted by atomic mass is 9.83. The first kappa shape index (κ1) is 14.5. The van der Waals surface area contributed by atoms with Crippen LogP contribution in [0, 0.1) is 25.7 Å². The second-order valence-corrected chi connectivity index (χ2v) is 6.38. The Morgan fingerprint density at radius 3 is 2.76 bits per heavy atom. The summed E-state index contributed by atoms with van der Waals surface area (Å²) in [6.45, 7) is 8.55. The number of fused-ring (bicyclic) bond motifs is 1. The Morgan fingerprint density at radius 1 is 1.38 bits per heavy atom. The number of hydrogen-bond acceptors (Lipinski definition) is 3. The molecule has 2 aliphatic rings. The van der Waals surface area contributed by atoms with Gasteiger partial charge in [-0.05, 0) is 44.7 Å². The molecule has 0 aliphatic carbocycles. The molecule has 2 saturated heterocycles.